The molecule has 0 radical (unpaired) electrons. The van der Waals surface area contributed by atoms with E-state index in [1.807, 2.05) is 6.07 Å². The van der Waals surface area contributed by atoms with Crippen molar-refractivity contribution in [2.75, 3.05) is 0 Å². The Morgan fingerprint density at radius 2 is 1.50 bits per heavy atom. The molecule has 0 amide bonds. The first-order valence-electron chi connectivity index (χ1n) is 6.46. The Balaban J connectivity index is 0.000000243. The molecule has 0 saturated carbocycles. The molecular weight excluding hydrogens is 357 g/mol. The number of nitro groups is 2. The first kappa shape index (κ1) is 19.4. The molecule has 0 aromatic heterocycles. The first-order valence-corrected chi connectivity index (χ1v) is 7.22. The second kappa shape index (κ2) is 8.82. The van der Waals surface area contributed by atoms with Crippen LogP contribution in [0.2, 0.25) is 10.0 Å². The summed E-state index contributed by atoms with van der Waals surface area (Å²) in [6.07, 6.45) is 0.164. The minimum Gasteiger partial charge on any atom is -0.258 e. The van der Waals surface area contributed by atoms with E-state index >= 15 is 0 Å². The van der Waals surface area contributed by atoms with Gasteiger partial charge in [-0.15, -0.1) is 0 Å². The van der Waals surface area contributed by atoms with Gasteiger partial charge in [-0.2, -0.15) is 5.26 Å². The second-order valence-corrected chi connectivity index (χ2v) is 5.37. The van der Waals surface area contributed by atoms with Gasteiger partial charge in [-0.3, -0.25) is 20.2 Å². The molecule has 2 aromatic rings. The number of nitriles is 1. The molecule has 0 bridgehead atoms. The van der Waals surface area contributed by atoms with Crippen LogP contribution in [0.25, 0.3) is 0 Å². The van der Waals surface area contributed by atoms with Gasteiger partial charge < -0.3 is 0 Å². The van der Waals surface area contributed by atoms with Crippen molar-refractivity contribution in [3.63, 3.8) is 0 Å². The molecule has 0 unspecified atom stereocenters. The van der Waals surface area contributed by atoms with Gasteiger partial charge in [0.2, 0.25) is 0 Å². The van der Waals surface area contributed by atoms with E-state index in [9.17, 15) is 20.2 Å². The third-order valence-electron chi connectivity index (χ3n) is 2.88. The average molecular weight is 368 g/mol. The quantitative estimate of drug-likeness (QED) is 0.567. The molecule has 24 heavy (non-hydrogen) atoms. The topological polar surface area (TPSA) is 110 Å². The highest BCUT2D eigenvalue weighted by Crippen LogP contribution is 2.22. The van der Waals surface area contributed by atoms with Crippen LogP contribution in [0.15, 0.2) is 36.4 Å². The molecule has 0 fully saturated rings. The molecule has 0 heterocycles. The van der Waals surface area contributed by atoms with Crippen LogP contribution in [-0.2, 0) is 6.42 Å². The summed E-state index contributed by atoms with van der Waals surface area (Å²) in [5.74, 6) is 0. The number of aryl methyl sites for hydroxylation is 1. The zero-order chi connectivity index (χ0) is 18.3. The Morgan fingerprint density at radius 1 is 1.00 bits per heavy atom. The number of nitrogens with zero attached hydrogens (tertiary/aromatic N) is 3. The molecule has 0 aliphatic carbocycles. The molecule has 0 spiro atoms. The fraction of sp³-hybridized carbons (Fsp3) is 0.133. The lowest BCUT2D eigenvalue weighted by Gasteiger charge is -1.97. The smallest absolute Gasteiger partial charge is 0.258 e. The van der Waals surface area contributed by atoms with Crippen LogP contribution in [0.3, 0.4) is 0 Å². The Kier molecular flexibility index (Phi) is 7.11. The van der Waals surface area contributed by atoms with Gasteiger partial charge in [0, 0.05) is 24.3 Å². The molecule has 0 saturated heterocycles. The maximum Gasteiger partial charge on any atom is 0.270 e. The zero-order valence-corrected chi connectivity index (χ0v) is 13.9. The Hall–Kier alpha value is -2.69. The van der Waals surface area contributed by atoms with E-state index < -0.39 is 9.85 Å². The number of nitro benzene ring substituents is 2. The highest BCUT2D eigenvalue weighted by molar-refractivity contribution is 6.31. The summed E-state index contributed by atoms with van der Waals surface area (Å²) in [6, 6.07) is 10.4. The van der Waals surface area contributed by atoms with Crippen molar-refractivity contribution < 1.29 is 9.85 Å². The molecule has 0 N–H and O–H groups in total. The predicted octanol–water partition coefficient (Wildman–Crippen LogP) is 4.87. The van der Waals surface area contributed by atoms with Gasteiger partial charge in [0.25, 0.3) is 11.4 Å². The fourth-order valence-electron chi connectivity index (χ4n) is 1.57. The predicted molar refractivity (Wildman–Crippen MR) is 90.3 cm³/mol. The van der Waals surface area contributed by atoms with E-state index in [4.69, 9.17) is 28.5 Å². The van der Waals surface area contributed by atoms with Crippen molar-refractivity contribution in [3.8, 4) is 6.07 Å². The Labute approximate surface area is 147 Å². The maximum atomic E-state index is 10.3. The summed E-state index contributed by atoms with van der Waals surface area (Å²) >= 11 is 11.4. The lowest BCUT2D eigenvalue weighted by Crippen LogP contribution is -1.90. The van der Waals surface area contributed by atoms with Gasteiger partial charge in [0.05, 0.1) is 32.4 Å². The van der Waals surface area contributed by atoms with Crippen molar-refractivity contribution in [2.45, 2.75) is 13.3 Å². The van der Waals surface area contributed by atoms with E-state index in [0.717, 1.165) is 5.56 Å². The minimum atomic E-state index is -0.526. The lowest BCUT2D eigenvalue weighted by atomic mass is 10.1. The van der Waals surface area contributed by atoms with E-state index in [0.29, 0.717) is 10.6 Å². The molecule has 124 valence electrons. The molecule has 7 nitrogen and oxygen atoms in total. The van der Waals surface area contributed by atoms with Crippen LogP contribution < -0.4 is 0 Å². The molecular formula is C15H11Cl2N3O4. The van der Waals surface area contributed by atoms with E-state index in [1.165, 1.54) is 30.3 Å². The molecule has 2 aromatic carbocycles. The van der Waals surface area contributed by atoms with Crippen molar-refractivity contribution in [1.29, 1.82) is 5.26 Å². The van der Waals surface area contributed by atoms with Gasteiger partial charge in [-0.25, -0.2) is 0 Å². The Bertz CT molecular complexity index is 819. The van der Waals surface area contributed by atoms with Crippen molar-refractivity contribution in [1.82, 2.24) is 0 Å². The number of halogens is 2. The van der Waals surface area contributed by atoms with Crippen molar-refractivity contribution in [2.24, 2.45) is 0 Å². The molecule has 9 heteroatoms. The summed E-state index contributed by atoms with van der Waals surface area (Å²) in [4.78, 5) is 19.5. The second-order valence-electron chi connectivity index (χ2n) is 4.56. The minimum absolute atomic E-state index is 0.0283. The van der Waals surface area contributed by atoms with Crippen LogP contribution in [0.5, 0.6) is 0 Å². The summed E-state index contributed by atoms with van der Waals surface area (Å²) in [5.41, 5.74) is 1.42. The number of non-ortho nitro benzene ring substituents is 2. The zero-order valence-electron chi connectivity index (χ0n) is 12.4. The highest BCUT2D eigenvalue weighted by atomic mass is 35.5. The summed E-state index contributed by atoms with van der Waals surface area (Å²) in [6.45, 7) is 1.80. The summed E-state index contributed by atoms with van der Waals surface area (Å²) in [7, 11) is 0. The van der Waals surface area contributed by atoms with Crippen molar-refractivity contribution >= 4 is 34.6 Å². The fourth-order valence-corrected chi connectivity index (χ4v) is 1.99. The number of rotatable bonds is 3. The molecule has 0 aliphatic rings. The van der Waals surface area contributed by atoms with E-state index in [1.54, 1.807) is 13.0 Å². The van der Waals surface area contributed by atoms with Gasteiger partial charge in [0.15, 0.2) is 0 Å². The van der Waals surface area contributed by atoms with Gasteiger partial charge in [0.1, 0.15) is 0 Å². The first-order chi connectivity index (χ1) is 11.3. The number of hydrogen-bond acceptors (Lipinski definition) is 5. The van der Waals surface area contributed by atoms with Crippen molar-refractivity contribution in [3.05, 3.63) is 77.8 Å². The van der Waals surface area contributed by atoms with Crippen LogP contribution in [-0.4, -0.2) is 9.85 Å². The summed E-state index contributed by atoms with van der Waals surface area (Å²) in [5, 5.41) is 29.6. The third kappa shape index (κ3) is 5.50. The van der Waals surface area contributed by atoms with Crippen LogP contribution in [0, 0.1) is 38.5 Å². The van der Waals surface area contributed by atoms with E-state index in [-0.39, 0.29) is 22.8 Å². The van der Waals surface area contributed by atoms with Crippen LogP contribution in [0.4, 0.5) is 11.4 Å². The standard InChI is InChI=1S/C8H5ClN2O2.C7H6ClNO2/c9-8-5-7(11(12)13)2-1-6(8)3-4-10;1-5-2-3-6(9(10)11)4-7(5)8/h1-2,5H,3H2;2-4H,1H3. The van der Waals surface area contributed by atoms with E-state index in [2.05, 4.69) is 0 Å². The van der Waals surface area contributed by atoms with Crippen LogP contribution >= 0.6 is 23.2 Å². The largest absolute Gasteiger partial charge is 0.270 e. The third-order valence-corrected chi connectivity index (χ3v) is 3.64. The number of benzene rings is 2. The Morgan fingerprint density at radius 3 is 1.92 bits per heavy atom. The average Bonchev–Trinajstić information content (AvgIpc) is 2.52. The molecule has 0 atom stereocenters. The normalized spacial score (nSPS) is 9.42. The molecule has 0 aliphatic heterocycles. The number of hydrogen-bond donors (Lipinski definition) is 0. The lowest BCUT2D eigenvalue weighted by molar-refractivity contribution is -0.385. The summed E-state index contributed by atoms with van der Waals surface area (Å²) < 4.78 is 0. The van der Waals surface area contributed by atoms with Gasteiger partial charge >= 0.3 is 0 Å². The molecule has 2 rings (SSSR count). The monoisotopic (exact) mass is 367 g/mol. The maximum absolute atomic E-state index is 10.3. The van der Waals surface area contributed by atoms with Gasteiger partial charge in [-0.05, 0) is 24.1 Å². The highest BCUT2D eigenvalue weighted by Gasteiger charge is 2.08. The van der Waals surface area contributed by atoms with Crippen LogP contribution in [0.1, 0.15) is 11.1 Å². The van der Waals surface area contributed by atoms with Gasteiger partial charge in [-0.1, -0.05) is 29.3 Å². The SMILES string of the molecule is Cc1ccc([N+](=O)[O-])cc1Cl.N#CCc1ccc([N+](=O)[O-])cc1Cl.